The van der Waals surface area contributed by atoms with E-state index in [4.69, 9.17) is 30.3 Å². The first-order valence-electron chi connectivity index (χ1n) is 11.1. The molecule has 0 amide bonds. The number of aliphatic hydroxyl groups is 1. The van der Waals surface area contributed by atoms with Gasteiger partial charge in [0.2, 0.25) is 0 Å². The fourth-order valence-electron chi connectivity index (χ4n) is 3.47. The summed E-state index contributed by atoms with van der Waals surface area (Å²) in [6, 6.07) is 8.62. The van der Waals surface area contributed by atoms with Gasteiger partial charge in [-0.05, 0) is 51.6 Å². The van der Waals surface area contributed by atoms with Gasteiger partial charge in [-0.15, -0.1) is 0 Å². The molecule has 198 valence electrons. The molecule has 0 saturated carbocycles. The Kier molecular flexibility index (Phi) is 8.86. The van der Waals surface area contributed by atoms with Gasteiger partial charge in [-0.3, -0.25) is 19.1 Å². The second kappa shape index (κ2) is 11.3. The number of aromatic nitrogens is 2. The second-order valence-corrected chi connectivity index (χ2v) is 11.8. The molecule has 1 aromatic heterocycles. The largest absolute Gasteiger partial charge is 0.462 e. The Morgan fingerprint density at radius 1 is 1.31 bits per heavy atom. The fraction of sp³-hybridized carbons (Fsp3) is 0.500. The SMILES string of the molecule is CC(C)OC(=O)C(C)NP(=S)(OC[C@H]1O[C@@H](n2ccc(=O)[nH]c2=O)C(C)(F)C1O)Oc1ccccc1. The molecule has 6 atom stereocenters. The number of nitrogens with zero attached hydrogens (tertiary/aromatic N) is 1. The summed E-state index contributed by atoms with van der Waals surface area (Å²) >= 11 is 5.60. The molecule has 14 heteroatoms. The van der Waals surface area contributed by atoms with Crippen molar-refractivity contribution in [2.24, 2.45) is 0 Å². The van der Waals surface area contributed by atoms with Crippen LogP contribution in [0.4, 0.5) is 4.39 Å². The number of benzene rings is 1. The highest BCUT2D eigenvalue weighted by molar-refractivity contribution is 8.09. The van der Waals surface area contributed by atoms with E-state index >= 15 is 4.39 Å². The normalized spacial score (nSPS) is 26.4. The molecule has 1 aliphatic heterocycles. The number of H-pyrrole nitrogens is 1. The zero-order valence-corrected chi connectivity index (χ0v) is 21.8. The summed E-state index contributed by atoms with van der Waals surface area (Å²) < 4.78 is 38.9. The minimum Gasteiger partial charge on any atom is -0.462 e. The van der Waals surface area contributed by atoms with E-state index in [2.05, 4.69) is 5.09 Å². The third kappa shape index (κ3) is 6.67. The van der Waals surface area contributed by atoms with Crippen molar-refractivity contribution in [3.63, 3.8) is 0 Å². The van der Waals surface area contributed by atoms with E-state index in [0.717, 1.165) is 23.8 Å². The highest BCUT2D eigenvalue weighted by atomic mass is 32.5. The molecule has 0 spiro atoms. The van der Waals surface area contributed by atoms with Crippen molar-refractivity contribution in [1.82, 2.24) is 14.6 Å². The molecule has 1 fully saturated rings. The number of esters is 1. The third-order valence-electron chi connectivity index (χ3n) is 5.26. The van der Waals surface area contributed by atoms with Crippen LogP contribution in [0.25, 0.3) is 0 Å². The Morgan fingerprint density at radius 3 is 2.58 bits per heavy atom. The van der Waals surface area contributed by atoms with Crippen LogP contribution >= 0.6 is 6.64 Å². The van der Waals surface area contributed by atoms with Gasteiger partial charge in [0.25, 0.3) is 5.56 Å². The van der Waals surface area contributed by atoms with Gasteiger partial charge in [0.05, 0.1) is 12.7 Å². The van der Waals surface area contributed by atoms with Crippen molar-refractivity contribution in [1.29, 1.82) is 0 Å². The van der Waals surface area contributed by atoms with Crippen molar-refractivity contribution >= 4 is 24.4 Å². The van der Waals surface area contributed by atoms with Crippen LogP contribution in [0.15, 0.2) is 52.2 Å². The van der Waals surface area contributed by atoms with Crippen molar-refractivity contribution in [3.05, 3.63) is 63.4 Å². The van der Waals surface area contributed by atoms with Crippen LogP contribution in [0, 0.1) is 0 Å². The number of hydrogen-bond acceptors (Lipinski definition) is 9. The summed E-state index contributed by atoms with van der Waals surface area (Å²) in [7, 11) is 0. The van der Waals surface area contributed by atoms with Crippen LogP contribution in [-0.4, -0.2) is 57.3 Å². The molecule has 0 radical (unpaired) electrons. The van der Waals surface area contributed by atoms with Crippen LogP contribution in [0.3, 0.4) is 0 Å². The van der Waals surface area contributed by atoms with Gasteiger partial charge in [-0.2, -0.15) is 0 Å². The molecule has 0 bridgehead atoms. The maximum Gasteiger partial charge on any atom is 0.330 e. The van der Waals surface area contributed by atoms with E-state index in [9.17, 15) is 19.5 Å². The van der Waals surface area contributed by atoms with Gasteiger partial charge in [0.1, 0.15) is 24.0 Å². The number of aliphatic hydroxyl groups excluding tert-OH is 1. The molecule has 3 rings (SSSR count). The van der Waals surface area contributed by atoms with Gasteiger partial charge in [-0.1, -0.05) is 18.2 Å². The zero-order valence-electron chi connectivity index (χ0n) is 20.1. The number of aromatic amines is 1. The molecule has 1 aliphatic rings. The van der Waals surface area contributed by atoms with Crippen LogP contribution in [0.5, 0.6) is 5.75 Å². The monoisotopic (exact) mass is 545 g/mol. The first-order valence-corrected chi connectivity index (χ1v) is 13.8. The minimum atomic E-state index is -3.47. The van der Waals surface area contributed by atoms with Crippen LogP contribution in [0.2, 0.25) is 0 Å². The Morgan fingerprint density at radius 2 is 1.97 bits per heavy atom. The first kappa shape index (κ1) is 28.2. The number of carbonyl (C=O) groups excluding carboxylic acids is 1. The number of nitrogens with one attached hydrogen (secondary N) is 2. The molecule has 3 N–H and O–H groups in total. The molecule has 4 unspecified atom stereocenters. The van der Waals surface area contributed by atoms with Crippen molar-refractivity contribution in [3.8, 4) is 5.75 Å². The molecule has 0 aliphatic carbocycles. The average molecular weight is 546 g/mol. The number of para-hydroxylation sites is 1. The van der Waals surface area contributed by atoms with E-state index in [1.54, 1.807) is 44.2 Å². The average Bonchev–Trinajstić information content (AvgIpc) is 3.01. The molecule has 11 nitrogen and oxygen atoms in total. The van der Waals surface area contributed by atoms with E-state index in [0.29, 0.717) is 5.75 Å². The number of hydrogen-bond donors (Lipinski definition) is 3. The molecule has 1 saturated heterocycles. The van der Waals surface area contributed by atoms with E-state index < -0.39 is 60.6 Å². The van der Waals surface area contributed by atoms with Crippen LogP contribution in [0.1, 0.15) is 33.9 Å². The number of carbonyl (C=O) groups is 1. The lowest BCUT2D eigenvalue weighted by atomic mass is 9.98. The quantitative estimate of drug-likeness (QED) is 0.299. The Bertz CT molecular complexity index is 1220. The first-order chi connectivity index (χ1) is 16.8. The van der Waals surface area contributed by atoms with Gasteiger partial charge >= 0.3 is 18.3 Å². The topological polar surface area (TPSA) is 141 Å². The van der Waals surface area contributed by atoms with Crippen molar-refractivity contribution in [2.75, 3.05) is 6.61 Å². The lowest BCUT2D eigenvalue weighted by Crippen LogP contribution is -2.43. The molecular formula is C22H29FN3O8PS. The standard InChI is InChI=1S/C22H29FN3O8PS/c1-13(2)32-19(29)14(3)25-35(36,34-15-8-6-5-7-9-15)31-12-16-18(28)22(4,23)20(33-16)26-11-10-17(27)24-21(26)30/h5-11,13-14,16,18,20,28H,12H2,1-4H3,(H,25,36)(H,24,27,30)/t14?,16-,18?,20-,22?,35?/m1/s1. The number of ether oxygens (including phenoxy) is 2. The second-order valence-electron chi connectivity index (χ2n) is 8.67. The van der Waals surface area contributed by atoms with Crippen LogP contribution < -0.4 is 20.9 Å². The maximum absolute atomic E-state index is 15.5. The highest BCUT2D eigenvalue weighted by Gasteiger charge is 2.55. The molecular weight excluding hydrogens is 516 g/mol. The number of rotatable bonds is 10. The zero-order chi connectivity index (χ0) is 26.7. The van der Waals surface area contributed by atoms with Gasteiger partial charge < -0.3 is 23.6 Å². The third-order valence-corrected chi connectivity index (χ3v) is 7.76. The van der Waals surface area contributed by atoms with E-state index in [1.165, 1.54) is 6.92 Å². The molecule has 2 aromatic rings. The molecule has 36 heavy (non-hydrogen) atoms. The molecule has 2 heterocycles. The molecule has 1 aromatic carbocycles. The fourth-order valence-corrected chi connectivity index (χ4v) is 5.89. The summed E-state index contributed by atoms with van der Waals surface area (Å²) in [5.41, 5.74) is -3.98. The smallest absolute Gasteiger partial charge is 0.330 e. The minimum absolute atomic E-state index is 0.354. The van der Waals surface area contributed by atoms with Gasteiger partial charge in [0.15, 0.2) is 11.9 Å². The summed E-state index contributed by atoms with van der Waals surface area (Å²) in [4.78, 5) is 37.9. The highest BCUT2D eigenvalue weighted by Crippen LogP contribution is 2.47. The predicted octanol–water partition coefficient (Wildman–Crippen LogP) is 1.77. The lowest BCUT2D eigenvalue weighted by Gasteiger charge is -2.28. The van der Waals surface area contributed by atoms with Crippen LogP contribution in [-0.2, 0) is 30.6 Å². The Labute approximate surface area is 211 Å². The number of halogens is 1. The summed E-state index contributed by atoms with van der Waals surface area (Å²) in [6.45, 7) is 2.10. The summed E-state index contributed by atoms with van der Waals surface area (Å²) in [5, 5.41) is 13.5. The van der Waals surface area contributed by atoms with E-state index in [-0.39, 0.29) is 6.10 Å². The van der Waals surface area contributed by atoms with E-state index in [1.807, 2.05) is 4.98 Å². The Hall–Kier alpha value is -2.41. The summed E-state index contributed by atoms with van der Waals surface area (Å²) in [5.74, 6) is -0.218. The van der Waals surface area contributed by atoms with Crippen molar-refractivity contribution in [2.45, 2.75) is 63.9 Å². The van der Waals surface area contributed by atoms with Crippen molar-refractivity contribution < 1.29 is 32.8 Å². The van der Waals surface area contributed by atoms with Gasteiger partial charge in [0, 0.05) is 12.3 Å². The number of alkyl halides is 1. The lowest BCUT2D eigenvalue weighted by molar-refractivity contribution is -0.149. The Balaban J connectivity index is 1.80. The van der Waals surface area contributed by atoms with Gasteiger partial charge in [-0.25, -0.2) is 14.3 Å². The maximum atomic E-state index is 15.5. The predicted molar refractivity (Wildman–Crippen MR) is 132 cm³/mol. The summed E-state index contributed by atoms with van der Waals surface area (Å²) in [6.07, 6.45) is -3.80.